The predicted octanol–water partition coefficient (Wildman–Crippen LogP) is 2.89. The second-order valence-electron chi connectivity index (χ2n) is 8.26. The zero-order valence-electron chi connectivity index (χ0n) is 16.8. The fraction of sp³-hybridized carbons (Fsp3) is 0.619. The number of carboxylic acid groups (broad SMARTS) is 1. The third-order valence-corrected chi connectivity index (χ3v) is 5.79. The van der Waals surface area contributed by atoms with Crippen LogP contribution < -0.4 is 5.32 Å². The number of hydrogen-bond acceptors (Lipinski definition) is 4. The normalized spacial score (nSPS) is 26.3. The summed E-state index contributed by atoms with van der Waals surface area (Å²) in [7, 11) is 0. The van der Waals surface area contributed by atoms with E-state index in [4.69, 9.17) is 14.6 Å². The number of ether oxygens (including phenoxy) is 1. The van der Waals surface area contributed by atoms with Gasteiger partial charge in [-0.25, -0.2) is 4.79 Å². The van der Waals surface area contributed by atoms with Crippen LogP contribution in [0.2, 0.25) is 0 Å². The van der Waals surface area contributed by atoms with E-state index in [9.17, 15) is 18.0 Å². The van der Waals surface area contributed by atoms with Crippen molar-refractivity contribution in [3.63, 3.8) is 0 Å². The summed E-state index contributed by atoms with van der Waals surface area (Å²) in [6.07, 6.45) is -0.369. The van der Waals surface area contributed by atoms with Crippen molar-refractivity contribution in [3.05, 3.63) is 35.4 Å². The first-order chi connectivity index (χ1) is 14.1. The summed E-state index contributed by atoms with van der Waals surface area (Å²) in [5.74, 6) is -2.49. The Morgan fingerprint density at radius 2 is 1.83 bits per heavy atom. The molecular weight excluding hydrogens is 401 g/mol. The second-order valence-corrected chi connectivity index (χ2v) is 8.26. The summed E-state index contributed by atoms with van der Waals surface area (Å²) in [5.41, 5.74) is 2.64. The number of carbonyl (C=O) groups is 2. The molecule has 2 N–H and O–H groups in total. The molecule has 1 aromatic carbocycles. The highest BCUT2D eigenvalue weighted by atomic mass is 19.4. The number of likely N-dealkylation sites (tertiary alicyclic amines) is 1. The molecule has 2 aliphatic heterocycles. The van der Waals surface area contributed by atoms with Gasteiger partial charge in [0.1, 0.15) is 0 Å². The van der Waals surface area contributed by atoms with Crippen LogP contribution in [0.1, 0.15) is 36.8 Å². The molecule has 3 fully saturated rings. The van der Waals surface area contributed by atoms with E-state index < -0.39 is 12.1 Å². The molecule has 9 heteroatoms. The van der Waals surface area contributed by atoms with E-state index in [-0.39, 0.29) is 24.0 Å². The molecule has 0 unspecified atom stereocenters. The van der Waals surface area contributed by atoms with Gasteiger partial charge in [0.25, 0.3) is 0 Å². The van der Waals surface area contributed by atoms with Gasteiger partial charge < -0.3 is 15.2 Å². The molecule has 30 heavy (non-hydrogen) atoms. The van der Waals surface area contributed by atoms with Crippen LogP contribution in [-0.2, 0) is 20.9 Å². The molecule has 166 valence electrons. The van der Waals surface area contributed by atoms with Gasteiger partial charge in [-0.3, -0.25) is 9.69 Å². The van der Waals surface area contributed by atoms with Gasteiger partial charge in [-0.1, -0.05) is 29.8 Å². The lowest BCUT2D eigenvalue weighted by Crippen LogP contribution is -2.47. The molecule has 0 spiro atoms. The van der Waals surface area contributed by atoms with Crippen LogP contribution in [0.5, 0.6) is 0 Å². The molecule has 1 saturated carbocycles. The van der Waals surface area contributed by atoms with E-state index in [1.165, 1.54) is 17.5 Å². The lowest BCUT2D eigenvalue weighted by atomic mass is 9.91. The molecule has 2 bridgehead atoms. The molecule has 4 rings (SSSR count). The van der Waals surface area contributed by atoms with E-state index in [0.717, 1.165) is 38.9 Å². The molecule has 2 heterocycles. The summed E-state index contributed by atoms with van der Waals surface area (Å²) in [6, 6.07) is 9.16. The van der Waals surface area contributed by atoms with Crippen LogP contribution in [0.4, 0.5) is 13.2 Å². The number of hydrogen-bond donors (Lipinski definition) is 2. The molecule has 2 saturated heterocycles. The summed E-state index contributed by atoms with van der Waals surface area (Å²) in [4.78, 5) is 23.8. The first-order valence-corrected chi connectivity index (χ1v) is 10.2. The molecule has 3 aliphatic rings. The standard InChI is InChI=1S/C19H26N2O2.C2HF3O2/c1-13-5-7-14(8-6-13)10-21-11-16-9-17(18(12-21)23-16)19(22)20-15-3-2-4-15;3-2(4,5)1(6)7/h5-8,15-18H,2-4,9-12H2,1H3,(H,20,22);(H,6,7)/t16-,17+,18-;/m1./s1. The number of aliphatic carboxylic acids is 1. The SMILES string of the molecule is Cc1ccc(CN2C[C@H]3C[C@H](C(=O)NC4CCC4)[C@@H](C2)O3)cc1.O=C(O)C(F)(F)F. The Kier molecular flexibility index (Phi) is 7.02. The van der Waals surface area contributed by atoms with Crippen LogP contribution in [0, 0.1) is 12.8 Å². The van der Waals surface area contributed by atoms with Gasteiger partial charge in [-0.2, -0.15) is 13.2 Å². The Hall–Kier alpha value is -2.13. The van der Waals surface area contributed by atoms with Gasteiger partial charge >= 0.3 is 12.1 Å². The van der Waals surface area contributed by atoms with Crippen molar-refractivity contribution in [2.24, 2.45) is 5.92 Å². The number of rotatable bonds is 4. The van der Waals surface area contributed by atoms with Crippen molar-refractivity contribution in [1.29, 1.82) is 0 Å². The Morgan fingerprint density at radius 1 is 1.20 bits per heavy atom. The van der Waals surface area contributed by atoms with Gasteiger partial charge in [0, 0.05) is 25.7 Å². The molecule has 0 radical (unpaired) electrons. The number of benzene rings is 1. The van der Waals surface area contributed by atoms with E-state index >= 15 is 0 Å². The van der Waals surface area contributed by atoms with Crippen molar-refractivity contribution in [2.75, 3.05) is 13.1 Å². The topological polar surface area (TPSA) is 78.9 Å². The highest BCUT2D eigenvalue weighted by Gasteiger charge is 2.45. The Morgan fingerprint density at radius 3 is 2.37 bits per heavy atom. The van der Waals surface area contributed by atoms with Crippen LogP contribution in [-0.4, -0.2) is 59.4 Å². The fourth-order valence-electron chi connectivity index (χ4n) is 3.95. The average Bonchev–Trinajstić information content (AvgIpc) is 2.94. The van der Waals surface area contributed by atoms with Crippen molar-refractivity contribution in [1.82, 2.24) is 10.2 Å². The Bertz CT molecular complexity index is 750. The summed E-state index contributed by atoms with van der Waals surface area (Å²) >= 11 is 0. The van der Waals surface area contributed by atoms with Gasteiger partial charge in [-0.15, -0.1) is 0 Å². The number of aryl methyl sites for hydroxylation is 1. The monoisotopic (exact) mass is 428 g/mol. The number of nitrogens with one attached hydrogen (secondary N) is 1. The number of carbonyl (C=O) groups excluding carboxylic acids is 1. The molecule has 1 amide bonds. The minimum absolute atomic E-state index is 0.0450. The Balaban J connectivity index is 0.000000318. The number of nitrogens with zero attached hydrogens (tertiary/aromatic N) is 1. The van der Waals surface area contributed by atoms with Gasteiger partial charge in [-0.05, 0) is 38.2 Å². The van der Waals surface area contributed by atoms with Crippen molar-refractivity contribution < 1.29 is 32.6 Å². The van der Waals surface area contributed by atoms with Crippen LogP contribution in [0.25, 0.3) is 0 Å². The minimum Gasteiger partial charge on any atom is -0.475 e. The highest BCUT2D eigenvalue weighted by Crippen LogP contribution is 2.33. The number of carboxylic acids is 1. The Labute approximate surface area is 173 Å². The predicted molar refractivity (Wildman–Crippen MR) is 103 cm³/mol. The van der Waals surface area contributed by atoms with Crippen molar-refractivity contribution in [2.45, 2.75) is 63.6 Å². The summed E-state index contributed by atoms with van der Waals surface area (Å²) < 4.78 is 37.8. The largest absolute Gasteiger partial charge is 0.490 e. The lowest BCUT2D eigenvalue weighted by Gasteiger charge is -2.33. The number of morpholine rings is 1. The quantitative estimate of drug-likeness (QED) is 0.771. The molecule has 0 aromatic heterocycles. The van der Waals surface area contributed by atoms with Gasteiger partial charge in [0.15, 0.2) is 0 Å². The van der Waals surface area contributed by atoms with Crippen molar-refractivity contribution in [3.8, 4) is 0 Å². The second kappa shape index (κ2) is 9.34. The molecule has 1 aliphatic carbocycles. The molecule has 6 nitrogen and oxygen atoms in total. The van der Waals surface area contributed by atoms with E-state index in [0.29, 0.717) is 6.04 Å². The van der Waals surface area contributed by atoms with Crippen molar-refractivity contribution >= 4 is 11.9 Å². The lowest BCUT2D eigenvalue weighted by molar-refractivity contribution is -0.192. The number of alkyl halides is 3. The zero-order valence-corrected chi connectivity index (χ0v) is 16.8. The third kappa shape index (κ3) is 5.95. The molecule has 1 aromatic rings. The van der Waals surface area contributed by atoms with Crippen LogP contribution in [0.3, 0.4) is 0 Å². The smallest absolute Gasteiger partial charge is 0.475 e. The number of fused-ring (bicyclic) bond motifs is 2. The average molecular weight is 428 g/mol. The molecule has 3 atom stereocenters. The maximum Gasteiger partial charge on any atom is 0.490 e. The maximum absolute atomic E-state index is 12.5. The number of amides is 1. The maximum atomic E-state index is 12.5. The van der Waals surface area contributed by atoms with E-state index in [1.807, 2.05) is 0 Å². The minimum atomic E-state index is -5.08. The summed E-state index contributed by atoms with van der Waals surface area (Å²) in [6.45, 7) is 4.88. The summed E-state index contributed by atoms with van der Waals surface area (Å²) in [5, 5.41) is 10.3. The van der Waals surface area contributed by atoms with Crippen LogP contribution in [0.15, 0.2) is 24.3 Å². The fourth-order valence-corrected chi connectivity index (χ4v) is 3.95. The first kappa shape index (κ1) is 22.6. The number of halogens is 3. The van der Waals surface area contributed by atoms with Gasteiger partial charge in [0.2, 0.25) is 5.91 Å². The van der Waals surface area contributed by atoms with Crippen LogP contribution >= 0.6 is 0 Å². The first-order valence-electron chi connectivity index (χ1n) is 10.2. The van der Waals surface area contributed by atoms with E-state index in [2.05, 4.69) is 41.4 Å². The zero-order chi connectivity index (χ0) is 21.9. The third-order valence-electron chi connectivity index (χ3n) is 5.79. The van der Waals surface area contributed by atoms with E-state index in [1.54, 1.807) is 0 Å². The highest BCUT2D eigenvalue weighted by molar-refractivity contribution is 5.80. The van der Waals surface area contributed by atoms with Gasteiger partial charge in [0.05, 0.1) is 18.1 Å². The molecular formula is C21H27F3N2O4.